The first kappa shape index (κ1) is 10.7. The number of hydrogen-bond donors (Lipinski definition) is 1. The molecule has 0 aromatic carbocycles. The second-order valence-electron chi connectivity index (χ2n) is 3.13. The maximum Gasteiger partial charge on any atom is 0.303 e. The molecule has 1 aromatic heterocycles. The van der Waals surface area contributed by atoms with Crippen molar-refractivity contribution in [1.82, 2.24) is 14.8 Å². The van der Waals surface area contributed by atoms with Crippen LogP contribution in [0.4, 0.5) is 0 Å². The standard InChI is InChI=1S/C9H15N3O2/c1-2-12-7-10-11-8(12)5-3-4-6-9(13)14/h7H,2-6H2,1H3,(H,13,14). The van der Waals surface area contributed by atoms with E-state index in [0.29, 0.717) is 6.42 Å². The van der Waals surface area contributed by atoms with Crippen molar-refractivity contribution >= 4 is 5.97 Å². The SMILES string of the molecule is CCn1cnnc1CCCCC(=O)O. The largest absolute Gasteiger partial charge is 0.481 e. The third kappa shape index (κ3) is 3.16. The molecule has 5 heteroatoms. The van der Waals surface area contributed by atoms with Crippen LogP contribution < -0.4 is 0 Å². The molecule has 1 aromatic rings. The van der Waals surface area contributed by atoms with Crippen LogP contribution in [-0.2, 0) is 17.8 Å². The van der Waals surface area contributed by atoms with Crippen LogP contribution >= 0.6 is 0 Å². The fourth-order valence-electron chi connectivity index (χ4n) is 1.30. The molecule has 1 N–H and O–H groups in total. The van der Waals surface area contributed by atoms with Gasteiger partial charge in [0.15, 0.2) is 0 Å². The molecule has 5 nitrogen and oxygen atoms in total. The highest BCUT2D eigenvalue weighted by Crippen LogP contribution is 2.03. The van der Waals surface area contributed by atoms with Crippen LogP contribution in [0.15, 0.2) is 6.33 Å². The van der Waals surface area contributed by atoms with Crippen molar-refractivity contribution < 1.29 is 9.90 Å². The zero-order valence-electron chi connectivity index (χ0n) is 8.31. The van der Waals surface area contributed by atoms with Crippen molar-refractivity contribution in [1.29, 1.82) is 0 Å². The van der Waals surface area contributed by atoms with E-state index in [4.69, 9.17) is 5.11 Å². The molecule has 0 unspecified atom stereocenters. The zero-order valence-corrected chi connectivity index (χ0v) is 8.31. The summed E-state index contributed by atoms with van der Waals surface area (Å²) in [5, 5.41) is 16.2. The lowest BCUT2D eigenvalue weighted by molar-refractivity contribution is -0.137. The lowest BCUT2D eigenvalue weighted by atomic mass is 10.2. The smallest absolute Gasteiger partial charge is 0.303 e. The third-order valence-electron chi connectivity index (χ3n) is 2.08. The van der Waals surface area contributed by atoms with Crippen molar-refractivity contribution in [3.05, 3.63) is 12.2 Å². The summed E-state index contributed by atoms with van der Waals surface area (Å²) in [5.41, 5.74) is 0. The van der Waals surface area contributed by atoms with Crippen LogP contribution in [0.25, 0.3) is 0 Å². The maximum atomic E-state index is 10.3. The molecule has 0 saturated heterocycles. The van der Waals surface area contributed by atoms with E-state index in [1.54, 1.807) is 6.33 Å². The van der Waals surface area contributed by atoms with E-state index in [0.717, 1.165) is 25.2 Å². The molecule has 0 aliphatic heterocycles. The van der Waals surface area contributed by atoms with Crippen molar-refractivity contribution in [3.8, 4) is 0 Å². The van der Waals surface area contributed by atoms with E-state index in [1.807, 2.05) is 11.5 Å². The Hall–Kier alpha value is -1.39. The molecule has 0 bridgehead atoms. The van der Waals surface area contributed by atoms with Gasteiger partial charge in [0.25, 0.3) is 0 Å². The Bertz CT molecular complexity index is 296. The molecular weight excluding hydrogens is 182 g/mol. The van der Waals surface area contributed by atoms with Crippen molar-refractivity contribution in [2.45, 2.75) is 39.2 Å². The average Bonchev–Trinajstić information content (AvgIpc) is 2.59. The molecule has 1 rings (SSSR count). The van der Waals surface area contributed by atoms with Gasteiger partial charge in [-0.25, -0.2) is 0 Å². The number of carboxylic acid groups (broad SMARTS) is 1. The molecule has 0 saturated carbocycles. The first-order valence-corrected chi connectivity index (χ1v) is 4.82. The van der Waals surface area contributed by atoms with Crippen molar-refractivity contribution in [2.75, 3.05) is 0 Å². The molecule has 1 heterocycles. The fraction of sp³-hybridized carbons (Fsp3) is 0.667. The Morgan fingerprint density at radius 1 is 1.57 bits per heavy atom. The summed E-state index contributed by atoms with van der Waals surface area (Å²) >= 11 is 0. The third-order valence-corrected chi connectivity index (χ3v) is 2.08. The predicted molar refractivity (Wildman–Crippen MR) is 50.9 cm³/mol. The Balaban J connectivity index is 2.27. The van der Waals surface area contributed by atoms with Gasteiger partial charge >= 0.3 is 5.97 Å². The van der Waals surface area contributed by atoms with Gasteiger partial charge in [-0.05, 0) is 19.8 Å². The minimum absolute atomic E-state index is 0.236. The van der Waals surface area contributed by atoms with Crippen LogP contribution in [0.3, 0.4) is 0 Å². The normalized spacial score (nSPS) is 10.4. The average molecular weight is 197 g/mol. The monoisotopic (exact) mass is 197 g/mol. The quantitative estimate of drug-likeness (QED) is 0.693. The van der Waals surface area contributed by atoms with E-state index in [1.165, 1.54) is 0 Å². The van der Waals surface area contributed by atoms with Gasteiger partial charge in [0.05, 0.1) is 0 Å². The van der Waals surface area contributed by atoms with Crippen molar-refractivity contribution in [2.24, 2.45) is 0 Å². The molecule has 0 amide bonds. The number of carboxylic acids is 1. The number of hydrogen-bond acceptors (Lipinski definition) is 3. The van der Waals surface area contributed by atoms with Crippen molar-refractivity contribution in [3.63, 3.8) is 0 Å². The number of rotatable bonds is 6. The summed E-state index contributed by atoms with van der Waals surface area (Å²) in [6, 6.07) is 0. The Morgan fingerprint density at radius 3 is 3.00 bits per heavy atom. The highest BCUT2D eigenvalue weighted by atomic mass is 16.4. The van der Waals surface area contributed by atoms with E-state index in [-0.39, 0.29) is 6.42 Å². The van der Waals surface area contributed by atoms with Gasteiger partial charge < -0.3 is 9.67 Å². The van der Waals surface area contributed by atoms with Crippen LogP contribution in [0, 0.1) is 0 Å². The number of nitrogens with zero attached hydrogens (tertiary/aromatic N) is 3. The lowest BCUT2D eigenvalue weighted by Gasteiger charge is -2.01. The minimum Gasteiger partial charge on any atom is -0.481 e. The molecule has 0 spiro atoms. The number of aromatic nitrogens is 3. The van der Waals surface area contributed by atoms with Gasteiger partial charge in [0, 0.05) is 19.4 Å². The van der Waals surface area contributed by atoms with Gasteiger partial charge in [-0.1, -0.05) is 0 Å². The highest BCUT2D eigenvalue weighted by Gasteiger charge is 2.02. The predicted octanol–water partition coefficient (Wildman–Crippen LogP) is 1.10. The van der Waals surface area contributed by atoms with E-state index in [2.05, 4.69) is 10.2 Å². The summed E-state index contributed by atoms with van der Waals surface area (Å²) in [7, 11) is 0. The molecule has 0 atom stereocenters. The molecule has 0 aliphatic carbocycles. The molecular formula is C9H15N3O2. The summed E-state index contributed by atoms with van der Waals surface area (Å²) in [6.45, 7) is 2.89. The molecule has 0 aliphatic rings. The minimum atomic E-state index is -0.734. The van der Waals surface area contributed by atoms with Gasteiger partial charge in [-0.15, -0.1) is 10.2 Å². The summed E-state index contributed by atoms with van der Waals surface area (Å²) in [4.78, 5) is 10.3. The van der Waals surface area contributed by atoms with E-state index >= 15 is 0 Å². The lowest BCUT2D eigenvalue weighted by Crippen LogP contribution is -2.01. The van der Waals surface area contributed by atoms with Crippen LogP contribution in [0.1, 0.15) is 32.0 Å². The van der Waals surface area contributed by atoms with E-state index in [9.17, 15) is 4.79 Å². The number of unbranched alkanes of at least 4 members (excludes halogenated alkanes) is 1. The summed E-state index contributed by atoms with van der Waals surface area (Å²) in [6.07, 6.45) is 4.30. The van der Waals surface area contributed by atoms with Crippen LogP contribution in [-0.4, -0.2) is 25.8 Å². The first-order valence-electron chi connectivity index (χ1n) is 4.82. The Kier molecular flexibility index (Phi) is 4.10. The van der Waals surface area contributed by atoms with Gasteiger partial charge in [-0.2, -0.15) is 0 Å². The van der Waals surface area contributed by atoms with Crippen LogP contribution in [0.5, 0.6) is 0 Å². The molecule has 14 heavy (non-hydrogen) atoms. The topological polar surface area (TPSA) is 68.0 Å². The van der Waals surface area contributed by atoms with Gasteiger partial charge in [0.2, 0.25) is 0 Å². The number of carbonyl (C=O) groups is 1. The summed E-state index contributed by atoms with van der Waals surface area (Å²) in [5.74, 6) is 0.208. The number of aliphatic carboxylic acids is 1. The van der Waals surface area contributed by atoms with Gasteiger partial charge in [0.1, 0.15) is 12.2 Å². The van der Waals surface area contributed by atoms with E-state index < -0.39 is 5.97 Å². The maximum absolute atomic E-state index is 10.3. The zero-order chi connectivity index (χ0) is 10.4. The Morgan fingerprint density at radius 2 is 2.36 bits per heavy atom. The Labute approximate surface area is 82.8 Å². The first-order chi connectivity index (χ1) is 6.74. The summed E-state index contributed by atoms with van der Waals surface area (Å²) < 4.78 is 1.97. The molecule has 78 valence electrons. The second-order valence-corrected chi connectivity index (χ2v) is 3.13. The molecule has 0 radical (unpaired) electrons. The number of aryl methyl sites for hydroxylation is 2. The van der Waals surface area contributed by atoms with Gasteiger partial charge in [-0.3, -0.25) is 4.79 Å². The van der Waals surface area contributed by atoms with Crippen LogP contribution in [0.2, 0.25) is 0 Å². The molecule has 0 fully saturated rings. The fourth-order valence-corrected chi connectivity index (χ4v) is 1.30. The highest BCUT2D eigenvalue weighted by molar-refractivity contribution is 5.66. The second kappa shape index (κ2) is 5.36.